The van der Waals surface area contributed by atoms with Gasteiger partial charge in [-0.25, -0.2) is 8.42 Å². The van der Waals surface area contributed by atoms with E-state index < -0.39 is 10.0 Å². The number of amides is 1. The van der Waals surface area contributed by atoms with Crippen LogP contribution >= 0.6 is 0 Å². The molecule has 0 spiro atoms. The third-order valence-corrected chi connectivity index (χ3v) is 7.39. The molecule has 0 bridgehead atoms. The highest BCUT2D eigenvalue weighted by molar-refractivity contribution is 7.89. The summed E-state index contributed by atoms with van der Waals surface area (Å²) in [7, 11) is -1.93. The first-order valence-electron chi connectivity index (χ1n) is 10.4. The minimum Gasteiger partial charge on any atom is -0.497 e. The van der Waals surface area contributed by atoms with Crippen molar-refractivity contribution in [1.29, 1.82) is 0 Å². The zero-order valence-corrected chi connectivity index (χ0v) is 18.5. The van der Waals surface area contributed by atoms with Gasteiger partial charge in [0.2, 0.25) is 15.9 Å². The van der Waals surface area contributed by atoms with E-state index in [9.17, 15) is 13.2 Å². The second kappa shape index (κ2) is 10.1. The molecule has 0 saturated carbocycles. The Morgan fingerprint density at radius 2 is 1.83 bits per heavy atom. The maximum atomic E-state index is 12.9. The summed E-state index contributed by atoms with van der Waals surface area (Å²) in [5.41, 5.74) is 2.21. The van der Waals surface area contributed by atoms with E-state index in [1.165, 1.54) is 9.87 Å². The van der Waals surface area contributed by atoms with Gasteiger partial charge in [0, 0.05) is 19.6 Å². The molecule has 30 heavy (non-hydrogen) atoms. The second-order valence-corrected chi connectivity index (χ2v) is 9.70. The molecule has 2 aromatic carbocycles. The summed E-state index contributed by atoms with van der Waals surface area (Å²) >= 11 is 0. The van der Waals surface area contributed by atoms with Crippen molar-refractivity contribution in [3.63, 3.8) is 0 Å². The van der Waals surface area contributed by atoms with Gasteiger partial charge in [-0.05, 0) is 62.4 Å². The van der Waals surface area contributed by atoms with Gasteiger partial charge in [0.1, 0.15) is 5.75 Å². The molecule has 1 saturated heterocycles. The monoisotopic (exact) mass is 430 g/mol. The molecule has 162 valence electrons. The van der Waals surface area contributed by atoms with E-state index in [0.29, 0.717) is 25.9 Å². The van der Waals surface area contributed by atoms with Crippen LogP contribution in [0.3, 0.4) is 0 Å². The van der Waals surface area contributed by atoms with Crippen LogP contribution in [0, 0.1) is 12.8 Å². The van der Waals surface area contributed by atoms with E-state index in [1.54, 1.807) is 31.4 Å². The SMILES string of the molecule is COc1ccc(CCCNC(=O)C2CCCN(S(=O)(=O)c3ccc(C)cc3)C2)cc1. The zero-order chi connectivity index (χ0) is 21.6. The number of hydrogen-bond donors (Lipinski definition) is 1. The summed E-state index contributed by atoms with van der Waals surface area (Å²) in [6.07, 6.45) is 3.10. The lowest BCUT2D eigenvalue weighted by Gasteiger charge is -2.31. The zero-order valence-electron chi connectivity index (χ0n) is 17.6. The van der Waals surface area contributed by atoms with Gasteiger partial charge in [-0.15, -0.1) is 0 Å². The number of nitrogens with one attached hydrogen (secondary N) is 1. The number of hydrogen-bond acceptors (Lipinski definition) is 4. The maximum Gasteiger partial charge on any atom is 0.243 e. The number of carbonyl (C=O) groups excluding carboxylic acids is 1. The van der Waals surface area contributed by atoms with E-state index in [0.717, 1.165) is 24.2 Å². The third-order valence-electron chi connectivity index (χ3n) is 5.51. The first-order valence-corrected chi connectivity index (χ1v) is 11.8. The van der Waals surface area contributed by atoms with E-state index in [1.807, 2.05) is 31.2 Å². The van der Waals surface area contributed by atoms with E-state index >= 15 is 0 Å². The normalized spacial score (nSPS) is 17.5. The van der Waals surface area contributed by atoms with Crippen LogP contribution in [0.25, 0.3) is 0 Å². The van der Waals surface area contributed by atoms with Gasteiger partial charge in [0.25, 0.3) is 0 Å². The number of nitrogens with zero attached hydrogens (tertiary/aromatic N) is 1. The number of piperidine rings is 1. The molecule has 0 aromatic heterocycles. The lowest BCUT2D eigenvalue weighted by Crippen LogP contribution is -2.45. The Morgan fingerprint density at radius 3 is 2.50 bits per heavy atom. The number of sulfonamides is 1. The summed E-state index contributed by atoms with van der Waals surface area (Å²) < 4.78 is 32.4. The van der Waals surface area contributed by atoms with Crippen molar-refractivity contribution in [1.82, 2.24) is 9.62 Å². The molecule has 1 amide bonds. The Morgan fingerprint density at radius 1 is 1.13 bits per heavy atom. The summed E-state index contributed by atoms with van der Waals surface area (Å²) in [6.45, 7) is 3.19. The molecule has 1 heterocycles. The molecule has 0 aliphatic carbocycles. The fourth-order valence-corrected chi connectivity index (χ4v) is 5.20. The second-order valence-electron chi connectivity index (χ2n) is 7.76. The predicted molar refractivity (Wildman–Crippen MR) is 117 cm³/mol. The smallest absolute Gasteiger partial charge is 0.243 e. The highest BCUT2D eigenvalue weighted by Gasteiger charge is 2.33. The highest BCUT2D eigenvalue weighted by atomic mass is 32.2. The van der Waals surface area contributed by atoms with Gasteiger partial charge in [-0.2, -0.15) is 4.31 Å². The molecular formula is C23H30N2O4S. The minimum atomic E-state index is -3.57. The fraction of sp³-hybridized carbons (Fsp3) is 0.435. The van der Waals surface area contributed by atoms with Crippen molar-refractivity contribution in [2.45, 2.75) is 37.5 Å². The van der Waals surface area contributed by atoms with Crippen LogP contribution in [0.1, 0.15) is 30.4 Å². The van der Waals surface area contributed by atoms with Gasteiger partial charge in [-0.1, -0.05) is 29.8 Å². The van der Waals surface area contributed by atoms with Crippen LogP contribution in [0.5, 0.6) is 5.75 Å². The van der Waals surface area contributed by atoms with E-state index in [-0.39, 0.29) is 23.3 Å². The first-order chi connectivity index (χ1) is 14.4. The Balaban J connectivity index is 1.49. The average molecular weight is 431 g/mol. The van der Waals surface area contributed by atoms with Crippen molar-refractivity contribution >= 4 is 15.9 Å². The van der Waals surface area contributed by atoms with Gasteiger partial charge < -0.3 is 10.1 Å². The number of aryl methyl sites for hydroxylation is 2. The van der Waals surface area contributed by atoms with Crippen LogP contribution in [-0.2, 0) is 21.2 Å². The number of rotatable bonds is 8. The standard InChI is InChI=1S/C23H30N2O4S/c1-18-7-13-22(14-8-18)30(27,28)25-16-4-6-20(17-25)23(26)24-15-3-5-19-9-11-21(29-2)12-10-19/h7-14,20H,3-6,15-17H2,1-2H3,(H,24,26). The third kappa shape index (κ3) is 5.61. The Kier molecular flexibility index (Phi) is 7.50. The summed E-state index contributed by atoms with van der Waals surface area (Å²) in [5, 5.41) is 2.98. The number of carbonyl (C=O) groups is 1. The van der Waals surface area contributed by atoms with Crippen molar-refractivity contribution < 1.29 is 17.9 Å². The van der Waals surface area contributed by atoms with Gasteiger partial charge >= 0.3 is 0 Å². The fourth-order valence-electron chi connectivity index (χ4n) is 3.67. The van der Waals surface area contributed by atoms with Crippen LogP contribution in [0.4, 0.5) is 0 Å². The first kappa shape index (κ1) is 22.3. The van der Waals surface area contributed by atoms with Gasteiger partial charge in [-0.3, -0.25) is 4.79 Å². The molecule has 6 nitrogen and oxygen atoms in total. The summed E-state index contributed by atoms with van der Waals surface area (Å²) in [5.74, 6) is 0.461. The van der Waals surface area contributed by atoms with Gasteiger partial charge in [0.05, 0.1) is 17.9 Å². The number of ether oxygens (including phenoxy) is 1. The minimum absolute atomic E-state index is 0.0615. The number of benzene rings is 2. The molecule has 1 fully saturated rings. The molecule has 1 N–H and O–H groups in total. The lowest BCUT2D eigenvalue weighted by molar-refractivity contribution is -0.126. The molecule has 7 heteroatoms. The van der Waals surface area contributed by atoms with Crippen molar-refractivity contribution in [3.8, 4) is 5.75 Å². The van der Waals surface area contributed by atoms with Crippen molar-refractivity contribution in [2.75, 3.05) is 26.7 Å². The molecule has 2 aromatic rings. The van der Waals surface area contributed by atoms with E-state index in [2.05, 4.69) is 5.32 Å². The van der Waals surface area contributed by atoms with Crippen LogP contribution in [-0.4, -0.2) is 45.4 Å². The maximum absolute atomic E-state index is 12.9. The molecule has 1 aliphatic heterocycles. The molecule has 1 aliphatic rings. The molecule has 1 unspecified atom stereocenters. The summed E-state index contributed by atoms with van der Waals surface area (Å²) in [6, 6.07) is 14.8. The predicted octanol–water partition coefficient (Wildman–Crippen LogP) is 3.15. The van der Waals surface area contributed by atoms with Crippen molar-refractivity contribution in [2.24, 2.45) is 5.92 Å². The largest absolute Gasteiger partial charge is 0.497 e. The average Bonchev–Trinajstić information content (AvgIpc) is 2.77. The summed E-state index contributed by atoms with van der Waals surface area (Å²) in [4.78, 5) is 12.9. The van der Waals surface area contributed by atoms with Crippen LogP contribution in [0.15, 0.2) is 53.4 Å². The Bertz CT molecular complexity index is 940. The number of methoxy groups -OCH3 is 1. The van der Waals surface area contributed by atoms with E-state index in [4.69, 9.17) is 4.74 Å². The quantitative estimate of drug-likeness (QED) is 0.653. The van der Waals surface area contributed by atoms with Crippen LogP contribution < -0.4 is 10.1 Å². The molecule has 1 atom stereocenters. The molecular weight excluding hydrogens is 400 g/mol. The topological polar surface area (TPSA) is 75.7 Å². The molecule has 3 rings (SSSR count). The Labute approximate surface area is 179 Å². The molecule has 0 radical (unpaired) electrons. The van der Waals surface area contributed by atoms with Crippen molar-refractivity contribution in [3.05, 3.63) is 59.7 Å². The van der Waals surface area contributed by atoms with Gasteiger partial charge in [0.15, 0.2) is 0 Å². The Hall–Kier alpha value is -2.38. The van der Waals surface area contributed by atoms with Crippen LogP contribution in [0.2, 0.25) is 0 Å². The highest BCUT2D eigenvalue weighted by Crippen LogP contribution is 2.24. The lowest BCUT2D eigenvalue weighted by atomic mass is 9.99.